The normalized spacial score (nSPS) is 10.2. The topological polar surface area (TPSA) is 29.1 Å². The summed E-state index contributed by atoms with van der Waals surface area (Å²) in [4.78, 5) is 11.5. The molecule has 0 fully saturated rings. The highest BCUT2D eigenvalue weighted by atomic mass is 16.1. The fraction of sp³-hybridized carbons (Fsp3) is 0.273. The summed E-state index contributed by atoms with van der Waals surface area (Å²) in [5, 5.41) is 2.82. The predicted octanol–water partition coefficient (Wildman–Crippen LogP) is 2.01. The van der Waals surface area contributed by atoms with Crippen molar-refractivity contribution in [1.82, 2.24) is 5.32 Å². The van der Waals surface area contributed by atoms with Crippen molar-refractivity contribution in [3.8, 4) is 0 Å². The Balaban J connectivity index is 2.77. The fourth-order valence-corrected chi connectivity index (χ4v) is 1.06. The molecule has 0 aromatic heterocycles. The van der Waals surface area contributed by atoms with E-state index in [0.717, 1.165) is 5.56 Å². The molecule has 2 nitrogen and oxygen atoms in total. The smallest absolute Gasteiger partial charge is 0.251 e. The molecular formula is C11H14NO. The lowest BCUT2D eigenvalue weighted by Crippen LogP contribution is -2.30. The molecule has 1 N–H and O–H groups in total. The Morgan fingerprint density at radius 2 is 2.15 bits per heavy atom. The first kappa shape index (κ1) is 9.78. The number of nitrogens with one attached hydrogen (secondary N) is 1. The van der Waals surface area contributed by atoms with E-state index in [1.807, 2.05) is 26.0 Å². The molecule has 0 heterocycles. The number of carbonyl (C=O) groups is 1. The van der Waals surface area contributed by atoms with Crippen molar-refractivity contribution in [1.29, 1.82) is 0 Å². The third kappa shape index (κ3) is 2.90. The minimum atomic E-state index is -0.0412. The van der Waals surface area contributed by atoms with Crippen molar-refractivity contribution < 1.29 is 4.79 Å². The largest absolute Gasteiger partial charge is 0.350 e. The van der Waals surface area contributed by atoms with Crippen LogP contribution in [0.25, 0.3) is 0 Å². The van der Waals surface area contributed by atoms with Crippen LogP contribution in [0.4, 0.5) is 0 Å². The average Bonchev–Trinajstić information content (AvgIpc) is 2.03. The maximum atomic E-state index is 11.5. The van der Waals surface area contributed by atoms with Gasteiger partial charge >= 0.3 is 0 Å². The van der Waals surface area contributed by atoms with Crippen LogP contribution < -0.4 is 5.32 Å². The Bertz CT molecular complexity index is 305. The van der Waals surface area contributed by atoms with E-state index in [4.69, 9.17) is 0 Å². The zero-order valence-corrected chi connectivity index (χ0v) is 8.00. The maximum Gasteiger partial charge on any atom is 0.251 e. The summed E-state index contributed by atoms with van der Waals surface area (Å²) in [6, 6.07) is 7.43. The van der Waals surface area contributed by atoms with Gasteiger partial charge in [0.05, 0.1) is 0 Å². The van der Waals surface area contributed by atoms with E-state index in [2.05, 4.69) is 12.2 Å². The second kappa shape index (κ2) is 4.08. The van der Waals surface area contributed by atoms with Crippen LogP contribution in [0.2, 0.25) is 0 Å². The molecule has 0 unspecified atom stereocenters. The molecule has 1 aromatic carbocycles. The minimum absolute atomic E-state index is 0.0412. The van der Waals surface area contributed by atoms with E-state index in [9.17, 15) is 4.79 Å². The molecule has 1 radical (unpaired) electrons. The zero-order valence-electron chi connectivity index (χ0n) is 8.00. The minimum Gasteiger partial charge on any atom is -0.350 e. The van der Waals surface area contributed by atoms with Crippen LogP contribution in [0.1, 0.15) is 29.8 Å². The first-order chi connectivity index (χ1) is 6.09. The monoisotopic (exact) mass is 176 g/mol. The third-order valence-corrected chi connectivity index (χ3v) is 1.61. The number of carbonyl (C=O) groups excluding carboxylic acids is 1. The van der Waals surface area contributed by atoms with Crippen LogP contribution in [0.3, 0.4) is 0 Å². The second-order valence-corrected chi connectivity index (χ2v) is 3.33. The van der Waals surface area contributed by atoms with Gasteiger partial charge in [0.15, 0.2) is 0 Å². The van der Waals surface area contributed by atoms with Gasteiger partial charge in [-0.25, -0.2) is 0 Å². The Morgan fingerprint density at radius 1 is 1.46 bits per heavy atom. The van der Waals surface area contributed by atoms with Crippen molar-refractivity contribution >= 4 is 5.91 Å². The van der Waals surface area contributed by atoms with E-state index in [1.54, 1.807) is 12.1 Å². The summed E-state index contributed by atoms with van der Waals surface area (Å²) in [5.41, 5.74) is 1.53. The van der Waals surface area contributed by atoms with E-state index in [-0.39, 0.29) is 11.9 Å². The molecule has 1 amide bonds. The van der Waals surface area contributed by atoms with Gasteiger partial charge in [0.25, 0.3) is 5.91 Å². The molecule has 1 rings (SSSR count). The highest BCUT2D eigenvalue weighted by Gasteiger charge is 2.05. The highest BCUT2D eigenvalue weighted by Crippen LogP contribution is 2.03. The van der Waals surface area contributed by atoms with Gasteiger partial charge in [0.2, 0.25) is 0 Å². The summed E-state index contributed by atoms with van der Waals surface area (Å²) in [6.07, 6.45) is 0. The fourth-order valence-electron chi connectivity index (χ4n) is 1.06. The lowest BCUT2D eigenvalue weighted by molar-refractivity contribution is 0.0943. The quantitative estimate of drug-likeness (QED) is 0.733. The third-order valence-electron chi connectivity index (χ3n) is 1.61. The van der Waals surface area contributed by atoms with E-state index in [0.29, 0.717) is 5.56 Å². The predicted molar refractivity (Wildman–Crippen MR) is 53.5 cm³/mol. The van der Waals surface area contributed by atoms with Crippen molar-refractivity contribution in [3.63, 3.8) is 0 Å². The molecule has 0 aliphatic heterocycles. The molecule has 0 bridgehead atoms. The highest BCUT2D eigenvalue weighted by molar-refractivity contribution is 5.94. The summed E-state index contributed by atoms with van der Waals surface area (Å²) in [5.74, 6) is -0.0412. The van der Waals surface area contributed by atoms with E-state index in [1.165, 1.54) is 0 Å². The molecule has 0 aliphatic carbocycles. The standard InChI is InChI=1S/C11H14NO/c1-8(2)12-11(13)10-6-4-5-9(3)7-10/h4-8H,3H2,1-2H3,(H,12,13). The molecule has 1 aromatic rings. The molecule has 0 saturated carbocycles. The van der Waals surface area contributed by atoms with Gasteiger partial charge < -0.3 is 5.32 Å². The Kier molecular flexibility index (Phi) is 3.07. The summed E-state index contributed by atoms with van der Waals surface area (Å²) in [6.45, 7) is 7.64. The van der Waals surface area contributed by atoms with Gasteiger partial charge in [-0.1, -0.05) is 12.1 Å². The van der Waals surface area contributed by atoms with Crippen LogP contribution >= 0.6 is 0 Å². The van der Waals surface area contributed by atoms with Gasteiger partial charge in [0.1, 0.15) is 0 Å². The van der Waals surface area contributed by atoms with Gasteiger partial charge in [-0.3, -0.25) is 4.79 Å². The van der Waals surface area contributed by atoms with Crippen LogP contribution in [0.15, 0.2) is 24.3 Å². The van der Waals surface area contributed by atoms with Gasteiger partial charge in [-0.05, 0) is 38.5 Å². The van der Waals surface area contributed by atoms with Crippen molar-refractivity contribution in [2.45, 2.75) is 19.9 Å². The van der Waals surface area contributed by atoms with Crippen molar-refractivity contribution in [2.75, 3.05) is 0 Å². The Morgan fingerprint density at radius 3 is 2.69 bits per heavy atom. The maximum absolute atomic E-state index is 11.5. The Labute approximate surface area is 79.0 Å². The van der Waals surface area contributed by atoms with E-state index >= 15 is 0 Å². The Hall–Kier alpha value is -1.31. The first-order valence-electron chi connectivity index (χ1n) is 4.32. The van der Waals surface area contributed by atoms with Crippen molar-refractivity contribution in [3.05, 3.63) is 42.3 Å². The molecule has 0 atom stereocenters. The number of amides is 1. The molecule has 0 spiro atoms. The SMILES string of the molecule is [CH2]c1cccc(C(=O)NC(C)C)c1. The van der Waals surface area contributed by atoms with Crippen LogP contribution in [0, 0.1) is 6.92 Å². The van der Waals surface area contributed by atoms with Crippen LogP contribution in [-0.2, 0) is 0 Å². The average molecular weight is 176 g/mol. The summed E-state index contributed by atoms with van der Waals surface area (Å²) in [7, 11) is 0. The van der Waals surface area contributed by atoms with Crippen LogP contribution in [0.5, 0.6) is 0 Å². The summed E-state index contributed by atoms with van der Waals surface area (Å²) >= 11 is 0. The van der Waals surface area contributed by atoms with Crippen molar-refractivity contribution in [2.24, 2.45) is 0 Å². The zero-order chi connectivity index (χ0) is 9.84. The van der Waals surface area contributed by atoms with Gasteiger partial charge in [0, 0.05) is 11.6 Å². The lowest BCUT2D eigenvalue weighted by Gasteiger charge is -2.08. The van der Waals surface area contributed by atoms with Crippen LogP contribution in [-0.4, -0.2) is 11.9 Å². The molecular weight excluding hydrogens is 162 g/mol. The molecule has 0 aliphatic rings. The first-order valence-corrected chi connectivity index (χ1v) is 4.32. The number of hydrogen-bond acceptors (Lipinski definition) is 1. The molecule has 69 valence electrons. The van der Waals surface area contributed by atoms with Gasteiger partial charge in [-0.15, -0.1) is 0 Å². The summed E-state index contributed by atoms with van der Waals surface area (Å²) < 4.78 is 0. The number of hydrogen-bond donors (Lipinski definition) is 1. The molecule has 2 heteroatoms. The number of benzene rings is 1. The lowest BCUT2D eigenvalue weighted by atomic mass is 10.1. The second-order valence-electron chi connectivity index (χ2n) is 3.33. The van der Waals surface area contributed by atoms with E-state index < -0.39 is 0 Å². The molecule has 13 heavy (non-hydrogen) atoms. The van der Waals surface area contributed by atoms with Gasteiger partial charge in [-0.2, -0.15) is 0 Å². The number of rotatable bonds is 2. The molecule has 0 saturated heterocycles.